The van der Waals surface area contributed by atoms with E-state index < -0.39 is 29.3 Å². The smallest absolute Gasteiger partial charge is 0.410 e. The maximum absolute atomic E-state index is 12.3. The standard InChI is InChI=1S/C17H21N3O7/c1-2-7-26-16(22)18-9-14-8-15(21)10-19(14)17(23)27-11-12-3-5-13(6-4-12)20(24)25/h2-6,14-15,21H,1,7-11H2,(H,18,22)/t14-,15+/m0/s1. The summed E-state index contributed by atoms with van der Waals surface area (Å²) < 4.78 is 10.0. The molecule has 2 rings (SSSR count). The number of rotatable bonds is 7. The van der Waals surface area contributed by atoms with Crippen molar-refractivity contribution in [2.75, 3.05) is 19.7 Å². The van der Waals surface area contributed by atoms with Gasteiger partial charge in [-0.15, -0.1) is 0 Å². The maximum atomic E-state index is 12.3. The lowest BCUT2D eigenvalue weighted by atomic mass is 10.2. The van der Waals surface area contributed by atoms with Crippen LogP contribution in [0, 0.1) is 10.1 Å². The van der Waals surface area contributed by atoms with E-state index in [9.17, 15) is 24.8 Å². The average Bonchev–Trinajstić information content (AvgIpc) is 3.03. The normalized spacial score (nSPS) is 18.6. The van der Waals surface area contributed by atoms with Crippen molar-refractivity contribution in [2.45, 2.75) is 25.2 Å². The van der Waals surface area contributed by atoms with E-state index >= 15 is 0 Å². The van der Waals surface area contributed by atoms with Crippen LogP contribution in [0.2, 0.25) is 0 Å². The van der Waals surface area contributed by atoms with E-state index in [1.165, 1.54) is 35.2 Å². The zero-order valence-electron chi connectivity index (χ0n) is 14.6. The molecule has 10 nitrogen and oxygen atoms in total. The molecule has 1 saturated heterocycles. The number of amides is 2. The van der Waals surface area contributed by atoms with Gasteiger partial charge in [-0.2, -0.15) is 0 Å². The van der Waals surface area contributed by atoms with Crippen molar-refractivity contribution in [3.8, 4) is 0 Å². The summed E-state index contributed by atoms with van der Waals surface area (Å²) in [6.45, 7) is 3.64. The molecule has 10 heteroatoms. The molecule has 1 aliphatic rings. The van der Waals surface area contributed by atoms with Crippen LogP contribution >= 0.6 is 0 Å². The van der Waals surface area contributed by atoms with Crippen LogP contribution in [0.15, 0.2) is 36.9 Å². The number of β-amino-alcohol motifs (C(OH)–C–C–N with tert-alkyl or cyclic N) is 1. The van der Waals surface area contributed by atoms with Crippen LogP contribution in [0.4, 0.5) is 15.3 Å². The minimum absolute atomic E-state index is 0.0535. The van der Waals surface area contributed by atoms with Gasteiger partial charge < -0.3 is 24.8 Å². The largest absolute Gasteiger partial charge is 0.445 e. The Balaban J connectivity index is 1.86. The van der Waals surface area contributed by atoms with Gasteiger partial charge in [0, 0.05) is 18.7 Å². The van der Waals surface area contributed by atoms with Crippen molar-refractivity contribution in [1.82, 2.24) is 10.2 Å². The minimum Gasteiger partial charge on any atom is -0.445 e. The van der Waals surface area contributed by atoms with E-state index in [0.29, 0.717) is 12.0 Å². The summed E-state index contributed by atoms with van der Waals surface area (Å²) in [5.41, 5.74) is 0.540. The predicted octanol–water partition coefficient (Wildman–Crippen LogP) is 1.58. The number of nitro groups is 1. The third-order valence-corrected chi connectivity index (χ3v) is 3.95. The molecule has 1 fully saturated rings. The molecule has 2 atom stereocenters. The summed E-state index contributed by atoms with van der Waals surface area (Å²) in [5, 5.41) is 23.0. The van der Waals surface area contributed by atoms with Crippen LogP contribution < -0.4 is 5.32 Å². The highest BCUT2D eigenvalue weighted by molar-refractivity contribution is 5.69. The number of nitrogens with zero attached hydrogens (tertiary/aromatic N) is 2. The highest BCUT2D eigenvalue weighted by atomic mass is 16.6. The molecule has 1 aromatic carbocycles. The maximum Gasteiger partial charge on any atom is 0.410 e. The number of aliphatic hydroxyl groups is 1. The number of benzene rings is 1. The van der Waals surface area contributed by atoms with Gasteiger partial charge in [0.15, 0.2) is 0 Å². The summed E-state index contributed by atoms with van der Waals surface area (Å²) in [6.07, 6.45) is -0.269. The van der Waals surface area contributed by atoms with Gasteiger partial charge in [-0.3, -0.25) is 10.1 Å². The molecule has 0 aliphatic carbocycles. The van der Waals surface area contributed by atoms with Gasteiger partial charge in [-0.1, -0.05) is 12.7 Å². The van der Waals surface area contributed by atoms with E-state index in [2.05, 4.69) is 11.9 Å². The van der Waals surface area contributed by atoms with Crippen LogP contribution in [0.3, 0.4) is 0 Å². The van der Waals surface area contributed by atoms with Crippen LogP contribution in [0.1, 0.15) is 12.0 Å². The Hall–Kier alpha value is -3.14. The second kappa shape index (κ2) is 9.53. The zero-order valence-corrected chi connectivity index (χ0v) is 14.6. The fourth-order valence-corrected chi connectivity index (χ4v) is 2.64. The Kier molecular flexibility index (Phi) is 7.12. The van der Waals surface area contributed by atoms with Gasteiger partial charge in [0.25, 0.3) is 5.69 Å². The lowest BCUT2D eigenvalue weighted by molar-refractivity contribution is -0.384. The van der Waals surface area contributed by atoms with Crippen LogP contribution in [-0.2, 0) is 16.1 Å². The lowest BCUT2D eigenvalue weighted by Gasteiger charge is -2.23. The van der Waals surface area contributed by atoms with E-state index in [-0.39, 0.29) is 32.0 Å². The van der Waals surface area contributed by atoms with Crippen LogP contribution in [-0.4, -0.2) is 59.0 Å². The van der Waals surface area contributed by atoms with Gasteiger partial charge in [0.1, 0.15) is 13.2 Å². The first-order chi connectivity index (χ1) is 12.9. The monoisotopic (exact) mass is 379 g/mol. The summed E-state index contributed by atoms with van der Waals surface area (Å²) in [7, 11) is 0. The molecule has 0 spiro atoms. The molecule has 1 aromatic rings. The first-order valence-electron chi connectivity index (χ1n) is 8.27. The Morgan fingerprint density at radius 2 is 2.07 bits per heavy atom. The molecule has 2 N–H and O–H groups in total. The van der Waals surface area contributed by atoms with Gasteiger partial charge >= 0.3 is 12.2 Å². The fraction of sp³-hybridized carbons (Fsp3) is 0.412. The molecule has 0 bridgehead atoms. The number of likely N-dealkylation sites (tertiary alicyclic amines) is 1. The number of hydrogen-bond acceptors (Lipinski definition) is 7. The number of hydrogen-bond donors (Lipinski definition) is 2. The molecule has 1 aliphatic heterocycles. The summed E-state index contributed by atoms with van der Waals surface area (Å²) in [6, 6.07) is 5.22. The van der Waals surface area contributed by atoms with Crippen molar-refractivity contribution in [1.29, 1.82) is 0 Å². The number of aliphatic hydroxyl groups excluding tert-OH is 1. The lowest BCUT2D eigenvalue weighted by Crippen LogP contribution is -2.43. The summed E-state index contributed by atoms with van der Waals surface area (Å²) in [5.74, 6) is 0. The van der Waals surface area contributed by atoms with E-state index in [1.807, 2.05) is 0 Å². The highest BCUT2D eigenvalue weighted by Crippen LogP contribution is 2.19. The average molecular weight is 379 g/mol. The molecular weight excluding hydrogens is 358 g/mol. The van der Waals surface area contributed by atoms with Gasteiger partial charge in [-0.25, -0.2) is 9.59 Å². The van der Waals surface area contributed by atoms with Crippen molar-refractivity contribution in [3.63, 3.8) is 0 Å². The van der Waals surface area contributed by atoms with Crippen molar-refractivity contribution >= 4 is 17.9 Å². The first-order valence-corrected chi connectivity index (χ1v) is 8.27. The molecule has 0 unspecified atom stereocenters. The van der Waals surface area contributed by atoms with Crippen molar-refractivity contribution in [2.24, 2.45) is 0 Å². The number of carbonyl (C=O) groups excluding carboxylic acids is 2. The molecule has 0 radical (unpaired) electrons. The van der Waals surface area contributed by atoms with Gasteiger partial charge in [0.2, 0.25) is 0 Å². The molecule has 2 amide bonds. The molecule has 1 heterocycles. The van der Waals surface area contributed by atoms with E-state index in [0.717, 1.165) is 0 Å². The summed E-state index contributed by atoms with van der Waals surface area (Å²) >= 11 is 0. The van der Waals surface area contributed by atoms with E-state index in [1.54, 1.807) is 0 Å². The Morgan fingerprint density at radius 3 is 2.70 bits per heavy atom. The number of non-ortho nitro benzene ring substituents is 1. The fourth-order valence-electron chi connectivity index (χ4n) is 2.64. The first kappa shape index (κ1) is 20.2. The third-order valence-electron chi connectivity index (χ3n) is 3.95. The Morgan fingerprint density at radius 1 is 1.37 bits per heavy atom. The molecular formula is C17H21N3O7. The third kappa shape index (κ3) is 5.96. The topological polar surface area (TPSA) is 131 Å². The summed E-state index contributed by atoms with van der Waals surface area (Å²) in [4.78, 5) is 35.2. The number of nitro benzene ring substituents is 1. The van der Waals surface area contributed by atoms with Crippen LogP contribution in [0.25, 0.3) is 0 Å². The van der Waals surface area contributed by atoms with E-state index in [4.69, 9.17) is 9.47 Å². The Labute approximate surface area is 155 Å². The second-order valence-corrected chi connectivity index (χ2v) is 5.94. The van der Waals surface area contributed by atoms with Gasteiger partial charge in [-0.05, 0) is 24.1 Å². The minimum atomic E-state index is -0.715. The molecule has 146 valence electrons. The number of nitrogens with one attached hydrogen (secondary N) is 1. The molecule has 0 saturated carbocycles. The quantitative estimate of drug-likeness (QED) is 0.418. The number of carbonyl (C=O) groups is 2. The number of alkyl carbamates (subject to hydrolysis) is 1. The SMILES string of the molecule is C=CCOC(=O)NC[C@@H]1C[C@@H](O)CN1C(=O)OCc1ccc([N+](=O)[O-])cc1. The predicted molar refractivity (Wildman–Crippen MR) is 93.9 cm³/mol. The second-order valence-electron chi connectivity index (χ2n) is 5.94. The van der Waals surface area contributed by atoms with Crippen molar-refractivity contribution in [3.05, 3.63) is 52.6 Å². The highest BCUT2D eigenvalue weighted by Gasteiger charge is 2.35. The molecule has 27 heavy (non-hydrogen) atoms. The molecule has 0 aromatic heterocycles. The zero-order chi connectivity index (χ0) is 19.8. The Bertz CT molecular complexity index is 692. The number of ether oxygens (including phenoxy) is 2. The van der Waals surface area contributed by atoms with Gasteiger partial charge in [0.05, 0.1) is 23.6 Å². The van der Waals surface area contributed by atoms with Crippen LogP contribution in [0.5, 0.6) is 0 Å². The van der Waals surface area contributed by atoms with Crippen molar-refractivity contribution < 1.29 is 29.1 Å².